The SMILES string of the molecule is O=S(=O)([O-])CCN(CCS(=O)(=O)[O-])Cc1cccc2ccccc12.[Na+].[Na+]. The number of rotatable bonds is 8. The molecule has 0 unspecified atom stereocenters. The summed E-state index contributed by atoms with van der Waals surface area (Å²) in [5.41, 5.74) is 0.861. The number of hydrogen-bond acceptors (Lipinski definition) is 7. The average molecular weight is 417 g/mol. The molecule has 0 bridgehead atoms. The van der Waals surface area contributed by atoms with E-state index in [1.165, 1.54) is 4.90 Å². The quantitative estimate of drug-likeness (QED) is 0.311. The Bertz CT molecular complexity index is 877. The molecule has 0 aliphatic heterocycles. The Hall–Kier alpha value is 0.480. The van der Waals surface area contributed by atoms with Crippen LogP contribution >= 0.6 is 0 Å². The van der Waals surface area contributed by atoms with E-state index in [-0.39, 0.29) is 78.7 Å². The van der Waals surface area contributed by atoms with Gasteiger partial charge in [-0.15, -0.1) is 0 Å². The van der Waals surface area contributed by atoms with E-state index < -0.39 is 31.7 Å². The summed E-state index contributed by atoms with van der Waals surface area (Å²) in [5.74, 6) is -1.28. The molecule has 2 rings (SSSR count). The van der Waals surface area contributed by atoms with Crippen molar-refractivity contribution in [2.45, 2.75) is 6.54 Å². The fraction of sp³-hybridized carbons (Fsp3) is 0.333. The molecule has 26 heavy (non-hydrogen) atoms. The van der Waals surface area contributed by atoms with Gasteiger partial charge in [-0.1, -0.05) is 42.5 Å². The van der Waals surface area contributed by atoms with Crippen molar-refractivity contribution in [3.05, 3.63) is 48.0 Å². The van der Waals surface area contributed by atoms with Gasteiger partial charge in [0.25, 0.3) is 0 Å². The van der Waals surface area contributed by atoms with Crippen LogP contribution in [0.4, 0.5) is 0 Å². The first-order valence-electron chi connectivity index (χ1n) is 7.20. The van der Waals surface area contributed by atoms with Crippen LogP contribution in [0.15, 0.2) is 42.5 Å². The molecule has 2 aromatic rings. The molecule has 132 valence electrons. The summed E-state index contributed by atoms with van der Waals surface area (Å²) in [7, 11) is -8.85. The third-order valence-electron chi connectivity index (χ3n) is 3.59. The molecule has 11 heteroatoms. The first kappa shape index (κ1) is 26.5. The van der Waals surface area contributed by atoms with E-state index in [0.29, 0.717) is 0 Å². The molecule has 0 amide bonds. The fourth-order valence-electron chi connectivity index (χ4n) is 2.42. The Morgan fingerprint density at radius 2 is 1.27 bits per heavy atom. The van der Waals surface area contributed by atoms with Gasteiger partial charge >= 0.3 is 59.1 Å². The van der Waals surface area contributed by atoms with Gasteiger partial charge in [0.2, 0.25) is 0 Å². The van der Waals surface area contributed by atoms with Crippen LogP contribution in [0.3, 0.4) is 0 Å². The van der Waals surface area contributed by atoms with Crippen molar-refractivity contribution in [2.24, 2.45) is 0 Å². The molecule has 0 spiro atoms. The Morgan fingerprint density at radius 3 is 1.81 bits per heavy atom. The first-order chi connectivity index (χ1) is 11.1. The normalized spacial score (nSPS) is 11.8. The number of nitrogens with zero attached hydrogens (tertiary/aromatic N) is 1. The summed E-state index contributed by atoms with van der Waals surface area (Å²) in [6, 6.07) is 13.2. The zero-order valence-electron chi connectivity index (χ0n) is 14.8. The van der Waals surface area contributed by atoms with Crippen LogP contribution in [0, 0.1) is 0 Å². The Labute approximate surface area is 198 Å². The molecule has 0 saturated heterocycles. The molecule has 0 saturated carbocycles. The molecule has 0 aliphatic carbocycles. The number of fused-ring (bicyclic) bond motifs is 1. The van der Waals surface area contributed by atoms with Gasteiger partial charge in [-0.3, -0.25) is 4.90 Å². The van der Waals surface area contributed by atoms with Crippen LogP contribution < -0.4 is 59.1 Å². The van der Waals surface area contributed by atoms with Gasteiger partial charge in [-0.05, 0) is 16.3 Å². The Morgan fingerprint density at radius 1 is 0.769 bits per heavy atom. The Balaban J connectivity index is 0.00000312. The third kappa shape index (κ3) is 9.61. The molecule has 0 heterocycles. The zero-order valence-corrected chi connectivity index (χ0v) is 20.4. The second kappa shape index (κ2) is 11.5. The van der Waals surface area contributed by atoms with Crippen LogP contribution in [0.1, 0.15) is 5.56 Å². The summed E-state index contributed by atoms with van der Waals surface area (Å²) in [6.45, 7) is -0.0262. The minimum absolute atomic E-state index is 0. The first-order valence-corrected chi connectivity index (χ1v) is 10.4. The van der Waals surface area contributed by atoms with Crippen LogP contribution in [-0.4, -0.2) is 55.4 Å². The van der Waals surface area contributed by atoms with Crippen molar-refractivity contribution in [2.75, 3.05) is 24.6 Å². The molecule has 0 N–H and O–H groups in total. The predicted molar refractivity (Wildman–Crippen MR) is 88.4 cm³/mol. The van der Waals surface area contributed by atoms with E-state index in [9.17, 15) is 25.9 Å². The van der Waals surface area contributed by atoms with Crippen LogP contribution in [-0.2, 0) is 26.8 Å². The van der Waals surface area contributed by atoms with Crippen molar-refractivity contribution in [1.82, 2.24) is 4.90 Å². The molecule has 2 aromatic carbocycles. The molecule has 0 atom stereocenters. The van der Waals surface area contributed by atoms with Crippen molar-refractivity contribution in [1.29, 1.82) is 0 Å². The summed E-state index contributed by atoms with van der Waals surface area (Å²) in [6.07, 6.45) is 0. The fourth-order valence-corrected chi connectivity index (χ4v) is 3.39. The topological polar surface area (TPSA) is 118 Å². The van der Waals surface area contributed by atoms with Crippen LogP contribution in [0.5, 0.6) is 0 Å². The minimum atomic E-state index is -4.43. The van der Waals surface area contributed by atoms with E-state index in [2.05, 4.69) is 0 Å². The summed E-state index contributed by atoms with van der Waals surface area (Å²) >= 11 is 0. The summed E-state index contributed by atoms with van der Waals surface area (Å²) in [5, 5.41) is 1.93. The van der Waals surface area contributed by atoms with E-state index in [4.69, 9.17) is 0 Å². The van der Waals surface area contributed by atoms with E-state index in [1.807, 2.05) is 42.5 Å². The van der Waals surface area contributed by atoms with Crippen molar-refractivity contribution < 1.29 is 85.1 Å². The molecule has 7 nitrogen and oxygen atoms in total. The van der Waals surface area contributed by atoms with Gasteiger partial charge in [-0.25, -0.2) is 16.8 Å². The molecular formula is C15H17NNa2O6S2. The van der Waals surface area contributed by atoms with Crippen molar-refractivity contribution in [3.63, 3.8) is 0 Å². The maximum Gasteiger partial charge on any atom is 1.00 e. The Kier molecular flexibility index (Phi) is 11.7. The largest absolute Gasteiger partial charge is 1.00 e. The predicted octanol–water partition coefficient (Wildman–Crippen LogP) is -5.26. The van der Waals surface area contributed by atoms with Gasteiger partial charge < -0.3 is 9.11 Å². The molecule has 0 radical (unpaired) electrons. The monoisotopic (exact) mass is 417 g/mol. The summed E-state index contributed by atoms with van der Waals surface area (Å²) < 4.78 is 65.0. The van der Waals surface area contributed by atoms with Gasteiger partial charge in [-0.2, -0.15) is 0 Å². The van der Waals surface area contributed by atoms with Crippen molar-refractivity contribution >= 4 is 31.0 Å². The second-order valence-electron chi connectivity index (χ2n) is 5.44. The third-order valence-corrected chi connectivity index (χ3v) is 4.95. The van der Waals surface area contributed by atoms with Gasteiger partial charge in [0.15, 0.2) is 0 Å². The number of hydrogen-bond donors (Lipinski definition) is 0. The van der Waals surface area contributed by atoms with Crippen LogP contribution in [0.25, 0.3) is 10.8 Å². The van der Waals surface area contributed by atoms with Crippen molar-refractivity contribution in [3.8, 4) is 0 Å². The van der Waals surface area contributed by atoms with E-state index in [0.717, 1.165) is 16.3 Å². The van der Waals surface area contributed by atoms with E-state index in [1.54, 1.807) is 0 Å². The maximum absolute atomic E-state index is 10.8. The maximum atomic E-state index is 10.8. The average Bonchev–Trinajstić information content (AvgIpc) is 2.48. The molecule has 0 aromatic heterocycles. The smallest absolute Gasteiger partial charge is 0.748 e. The molecule has 0 fully saturated rings. The van der Waals surface area contributed by atoms with Gasteiger partial charge in [0.05, 0.1) is 31.7 Å². The minimum Gasteiger partial charge on any atom is -0.748 e. The van der Waals surface area contributed by atoms with Gasteiger partial charge in [0, 0.05) is 19.6 Å². The summed E-state index contributed by atoms with van der Waals surface area (Å²) in [4.78, 5) is 1.49. The van der Waals surface area contributed by atoms with Gasteiger partial charge in [0.1, 0.15) is 0 Å². The van der Waals surface area contributed by atoms with E-state index >= 15 is 0 Å². The van der Waals surface area contributed by atoms with Crippen LogP contribution in [0.2, 0.25) is 0 Å². The second-order valence-corrected chi connectivity index (χ2v) is 8.49. The molecule has 0 aliphatic rings. The molecular weight excluding hydrogens is 400 g/mol. The number of benzene rings is 2. The standard InChI is InChI=1S/C15H19NO6S2.2Na/c17-23(18,19)10-8-16(9-11-24(20,21)22)12-14-6-3-5-13-4-1-2-7-15(13)14;;/h1-7H,8-12H2,(H,17,18,19)(H,20,21,22);;/q;2*+1/p-2. The zero-order chi connectivity index (χ0) is 17.8.